The minimum atomic E-state index is -0.928. The van der Waals surface area contributed by atoms with Crippen LogP contribution in [-0.2, 0) is 22.4 Å². The summed E-state index contributed by atoms with van der Waals surface area (Å²) in [5.41, 5.74) is 3.04. The second kappa shape index (κ2) is 10.7. The number of fused-ring (bicyclic) bond motifs is 1. The molecule has 7 heteroatoms. The Morgan fingerprint density at radius 3 is 2.90 bits per heavy atom. The number of rotatable bonds is 11. The SMILES string of the molecule is COc1cncc([C@H](CC(=O)O)CC(=O)CCCCc2ccc3c(n2)NCCC3)c1. The predicted molar refractivity (Wildman–Crippen MR) is 114 cm³/mol. The molecule has 160 valence electrons. The minimum absolute atomic E-state index is 0.0733. The first-order chi connectivity index (χ1) is 14.5. The maximum Gasteiger partial charge on any atom is 0.303 e. The molecule has 0 unspecified atom stereocenters. The molecule has 1 atom stereocenters. The van der Waals surface area contributed by atoms with Crippen LogP contribution in [0.1, 0.15) is 61.3 Å². The number of methoxy groups -OCH3 is 1. The smallest absolute Gasteiger partial charge is 0.303 e. The molecule has 0 fully saturated rings. The number of Topliss-reactive ketones (excluding diaryl/α,β-unsaturated/α-hetero) is 1. The van der Waals surface area contributed by atoms with Crippen LogP contribution in [0.3, 0.4) is 0 Å². The number of pyridine rings is 2. The second-order valence-electron chi connectivity index (χ2n) is 7.74. The molecule has 0 aliphatic carbocycles. The van der Waals surface area contributed by atoms with Crippen LogP contribution in [0.2, 0.25) is 0 Å². The fourth-order valence-corrected chi connectivity index (χ4v) is 3.80. The van der Waals surface area contributed by atoms with Crippen molar-refractivity contribution >= 4 is 17.6 Å². The second-order valence-corrected chi connectivity index (χ2v) is 7.74. The van der Waals surface area contributed by atoms with Gasteiger partial charge in [0.15, 0.2) is 0 Å². The van der Waals surface area contributed by atoms with E-state index in [1.165, 1.54) is 12.7 Å². The Morgan fingerprint density at radius 2 is 2.10 bits per heavy atom. The van der Waals surface area contributed by atoms with E-state index in [-0.39, 0.29) is 18.6 Å². The summed E-state index contributed by atoms with van der Waals surface area (Å²) in [5, 5.41) is 12.6. The fourth-order valence-electron chi connectivity index (χ4n) is 3.80. The van der Waals surface area contributed by atoms with Crippen LogP contribution in [0.25, 0.3) is 0 Å². The minimum Gasteiger partial charge on any atom is -0.495 e. The van der Waals surface area contributed by atoms with Gasteiger partial charge in [-0.15, -0.1) is 0 Å². The summed E-state index contributed by atoms with van der Waals surface area (Å²) in [6, 6.07) is 5.98. The molecule has 0 radical (unpaired) electrons. The molecule has 3 rings (SSSR count). The van der Waals surface area contributed by atoms with Gasteiger partial charge in [0.2, 0.25) is 0 Å². The number of hydrogen-bond acceptors (Lipinski definition) is 6. The molecule has 2 aromatic heterocycles. The van der Waals surface area contributed by atoms with Crippen molar-refractivity contribution in [1.29, 1.82) is 0 Å². The van der Waals surface area contributed by atoms with Gasteiger partial charge in [-0.25, -0.2) is 4.98 Å². The van der Waals surface area contributed by atoms with Gasteiger partial charge in [0.05, 0.1) is 19.7 Å². The lowest BCUT2D eigenvalue weighted by atomic mass is 9.90. The maximum absolute atomic E-state index is 12.5. The highest BCUT2D eigenvalue weighted by Crippen LogP contribution is 2.27. The first-order valence-electron chi connectivity index (χ1n) is 10.5. The topological polar surface area (TPSA) is 101 Å². The van der Waals surface area contributed by atoms with Gasteiger partial charge < -0.3 is 15.2 Å². The van der Waals surface area contributed by atoms with Gasteiger partial charge in [-0.3, -0.25) is 14.6 Å². The van der Waals surface area contributed by atoms with E-state index in [0.29, 0.717) is 12.2 Å². The molecule has 7 nitrogen and oxygen atoms in total. The van der Waals surface area contributed by atoms with Gasteiger partial charge in [-0.2, -0.15) is 0 Å². The van der Waals surface area contributed by atoms with E-state index in [1.54, 1.807) is 18.5 Å². The van der Waals surface area contributed by atoms with Crippen molar-refractivity contribution in [3.63, 3.8) is 0 Å². The zero-order chi connectivity index (χ0) is 21.3. The quantitative estimate of drug-likeness (QED) is 0.543. The van der Waals surface area contributed by atoms with E-state index in [9.17, 15) is 14.7 Å². The highest BCUT2D eigenvalue weighted by molar-refractivity contribution is 5.80. The van der Waals surface area contributed by atoms with Crippen LogP contribution in [0.4, 0.5) is 5.82 Å². The summed E-state index contributed by atoms with van der Waals surface area (Å²) in [6.07, 6.45) is 8.40. The summed E-state index contributed by atoms with van der Waals surface area (Å²) in [6.45, 7) is 0.971. The zero-order valence-corrected chi connectivity index (χ0v) is 17.4. The molecule has 0 saturated heterocycles. The Labute approximate surface area is 176 Å². The lowest BCUT2D eigenvalue weighted by molar-refractivity contribution is -0.137. The molecule has 0 amide bonds. The third-order valence-electron chi connectivity index (χ3n) is 5.43. The van der Waals surface area contributed by atoms with Gasteiger partial charge in [-0.05, 0) is 55.4 Å². The highest BCUT2D eigenvalue weighted by atomic mass is 16.5. The van der Waals surface area contributed by atoms with Crippen molar-refractivity contribution in [3.05, 3.63) is 47.4 Å². The number of anilines is 1. The Kier molecular flexibility index (Phi) is 7.76. The lowest BCUT2D eigenvalue weighted by Gasteiger charge is -2.17. The predicted octanol–water partition coefficient (Wildman–Crippen LogP) is 3.77. The number of carbonyl (C=O) groups is 2. The molecule has 0 saturated carbocycles. The fraction of sp³-hybridized carbons (Fsp3) is 0.478. The maximum atomic E-state index is 12.5. The van der Waals surface area contributed by atoms with Gasteiger partial charge in [0.1, 0.15) is 17.4 Å². The van der Waals surface area contributed by atoms with Gasteiger partial charge >= 0.3 is 5.97 Å². The number of carboxylic acids is 1. The van der Waals surface area contributed by atoms with Crippen molar-refractivity contribution in [2.24, 2.45) is 0 Å². The molecular weight excluding hydrogens is 382 g/mol. The van der Waals surface area contributed by atoms with Gasteiger partial charge in [-0.1, -0.05) is 6.07 Å². The number of aliphatic carboxylic acids is 1. The third-order valence-corrected chi connectivity index (χ3v) is 5.43. The number of carboxylic acid groups (broad SMARTS) is 1. The first kappa shape index (κ1) is 21.7. The Morgan fingerprint density at radius 1 is 1.23 bits per heavy atom. The Balaban J connectivity index is 1.48. The van der Waals surface area contributed by atoms with E-state index in [2.05, 4.69) is 27.4 Å². The Hall–Kier alpha value is -2.96. The molecule has 3 heterocycles. The van der Waals surface area contributed by atoms with Crippen molar-refractivity contribution in [1.82, 2.24) is 9.97 Å². The summed E-state index contributed by atoms with van der Waals surface area (Å²) in [7, 11) is 1.53. The molecule has 1 aliphatic rings. The third kappa shape index (κ3) is 6.27. The van der Waals surface area contributed by atoms with Crippen LogP contribution in [0, 0.1) is 0 Å². The number of unbranched alkanes of at least 4 members (excludes halogenated alkanes) is 1. The summed E-state index contributed by atoms with van der Waals surface area (Å²) in [5.74, 6) is 0.304. The number of aryl methyl sites for hydroxylation is 2. The number of ketones is 1. The molecule has 30 heavy (non-hydrogen) atoms. The van der Waals surface area contributed by atoms with Crippen molar-refractivity contribution in [2.45, 2.75) is 57.3 Å². The summed E-state index contributed by atoms with van der Waals surface area (Å²) < 4.78 is 5.17. The van der Waals surface area contributed by atoms with Crippen LogP contribution < -0.4 is 10.1 Å². The van der Waals surface area contributed by atoms with E-state index in [4.69, 9.17) is 4.74 Å². The number of carbonyl (C=O) groups excluding carboxylic acids is 1. The Bertz CT molecular complexity index is 885. The average Bonchev–Trinajstić information content (AvgIpc) is 2.76. The molecule has 2 N–H and O–H groups in total. The standard InChI is InChI=1S/C23H29N3O4/c1-30-21-12-18(14-24-15-21)17(13-22(28)29)11-20(27)7-3-2-6-19-9-8-16-5-4-10-25-23(16)26-19/h8-9,12,14-15,17H,2-7,10-11,13H2,1H3,(H,25,26)(H,28,29)/t17-/m0/s1. The normalized spacial score (nSPS) is 13.8. The van der Waals surface area contributed by atoms with E-state index in [1.807, 2.05) is 0 Å². The first-order valence-corrected chi connectivity index (χ1v) is 10.5. The summed E-state index contributed by atoms with van der Waals surface area (Å²) in [4.78, 5) is 32.5. The van der Waals surface area contributed by atoms with Gasteiger partial charge in [0, 0.05) is 37.2 Å². The van der Waals surface area contributed by atoms with Crippen LogP contribution in [0.5, 0.6) is 5.75 Å². The number of ether oxygens (including phenoxy) is 1. The van der Waals surface area contributed by atoms with Crippen molar-refractivity contribution < 1.29 is 19.4 Å². The van der Waals surface area contributed by atoms with E-state index < -0.39 is 11.9 Å². The molecule has 0 spiro atoms. The largest absolute Gasteiger partial charge is 0.495 e. The molecule has 0 bridgehead atoms. The van der Waals surface area contributed by atoms with Crippen LogP contribution in [-0.4, -0.2) is 40.5 Å². The molecule has 2 aromatic rings. The number of aromatic nitrogens is 2. The molecule has 1 aliphatic heterocycles. The van der Waals surface area contributed by atoms with Crippen molar-refractivity contribution in [2.75, 3.05) is 19.0 Å². The molecular formula is C23H29N3O4. The molecule has 0 aromatic carbocycles. The number of nitrogens with zero attached hydrogens (tertiary/aromatic N) is 2. The monoisotopic (exact) mass is 411 g/mol. The number of hydrogen-bond donors (Lipinski definition) is 2. The highest BCUT2D eigenvalue weighted by Gasteiger charge is 2.20. The van der Waals surface area contributed by atoms with E-state index in [0.717, 1.165) is 55.7 Å². The number of nitrogens with one attached hydrogen (secondary N) is 1. The average molecular weight is 412 g/mol. The lowest BCUT2D eigenvalue weighted by Crippen LogP contribution is -2.14. The van der Waals surface area contributed by atoms with Gasteiger partial charge in [0.25, 0.3) is 0 Å². The van der Waals surface area contributed by atoms with Crippen molar-refractivity contribution in [3.8, 4) is 5.75 Å². The van der Waals surface area contributed by atoms with E-state index >= 15 is 0 Å². The summed E-state index contributed by atoms with van der Waals surface area (Å²) >= 11 is 0. The zero-order valence-electron chi connectivity index (χ0n) is 17.4. The van der Waals surface area contributed by atoms with Crippen LogP contribution >= 0.6 is 0 Å². The van der Waals surface area contributed by atoms with Crippen LogP contribution in [0.15, 0.2) is 30.6 Å².